The molecule has 3 aromatic heterocycles. The third kappa shape index (κ3) is 4.44. The lowest BCUT2D eigenvalue weighted by atomic mass is 10.0. The predicted molar refractivity (Wildman–Crippen MR) is 118 cm³/mol. The molecular weight excluding hydrogens is 445 g/mol. The highest BCUT2D eigenvalue weighted by atomic mass is 19.4. The van der Waals surface area contributed by atoms with Crippen molar-refractivity contribution in [2.45, 2.75) is 25.7 Å². The Balaban J connectivity index is 1.32. The summed E-state index contributed by atoms with van der Waals surface area (Å²) in [5.74, 6) is 0.441. The van der Waals surface area contributed by atoms with Crippen LogP contribution in [0, 0.1) is 0 Å². The molecule has 1 aliphatic heterocycles. The third-order valence-corrected chi connectivity index (χ3v) is 5.72. The molecule has 1 aromatic carbocycles. The fraction of sp³-hybridized carbons (Fsp3) is 0.208. The Kier molecular flexibility index (Phi) is 5.66. The number of benzene rings is 1. The van der Waals surface area contributed by atoms with Gasteiger partial charge in [0.15, 0.2) is 0 Å². The highest BCUT2D eigenvalue weighted by Gasteiger charge is 2.33. The maximum atomic E-state index is 13.3. The minimum Gasteiger partial charge on any atom is -0.306 e. The van der Waals surface area contributed by atoms with Crippen LogP contribution in [-0.2, 0) is 25.7 Å². The van der Waals surface area contributed by atoms with Gasteiger partial charge in [-0.3, -0.25) is 14.7 Å². The van der Waals surface area contributed by atoms with Gasteiger partial charge in [-0.1, -0.05) is 24.3 Å². The van der Waals surface area contributed by atoms with Gasteiger partial charge in [-0.05, 0) is 17.7 Å². The van der Waals surface area contributed by atoms with Crippen molar-refractivity contribution in [3.63, 3.8) is 0 Å². The average molecular weight is 464 g/mol. The van der Waals surface area contributed by atoms with E-state index in [1.54, 1.807) is 36.8 Å². The fourth-order valence-electron chi connectivity index (χ4n) is 4.06. The topological polar surface area (TPSA) is 87.7 Å². The average Bonchev–Trinajstić information content (AvgIpc) is 2.85. The lowest BCUT2D eigenvalue weighted by molar-refractivity contribution is -0.137. The third-order valence-electron chi connectivity index (χ3n) is 5.72. The van der Waals surface area contributed by atoms with Crippen molar-refractivity contribution in [1.29, 1.82) is 0 Å². The number of hydrogen-bond acceptors (Lipinski definition) is 6. The molecule has 0 saturated carbocycles. The van der Waals surface area contributed by atoms with Crippen LogP contribution in [0.1, 0.15) is 22.4 Å². The first kappa shape index (κ1) is 21.9. The molecule has 0 unspecified atom stereocenters. The van der Waals surface area contributed by atoms with Crippen LogP contribution in [0.5, 0.6) is 0 Å². The molecule has 0 aliphatic carbocycles. The first-order chi connectivity index (χ1) is 16.4. The van der Waals surface area contributed by atoms with Gasteiger partial charge in [0.1, 0.15) is 12.2 Å². The van der Waals surface area contributed by atoms with Crippen LogP contribution in [0.3, 0.4) is 0 Å². The fourth-order valence-corrected chi connectivity index (χ4v) is 4.06. The Morgan fingerprint density at radius 3 is 2.56 bits per heavy atom. The largest absolute Gasteiger partial charge is 0.417 e. The van der Waals surface area contributed by atoms with Crippen molar-refractivity contribution in [1.82, 2.24) is 29.8 Å². The molecule has 10 heteroatoms. The lowest BCUT2D eigenvalue weighted by Gasteiger charge is -2.27. The first-order valence-corrected chi connectivity index (χ1v) is 10.6. The minimum atomic E-state index is -4.45. The molecule has 4 heterocycles. The van der Waals surface area contributed by atoms with Crippen LogP contribution in [0.4, 0.5) is 13.2 Å². The molecule has 4 aromatic rings. The Bertz CT molecular complexity index is 1370. The first-order valence-electron chi connectivity index (χ1n) is 10.6. The summed E-state index contributed by atoms with van der Waals surface area (Å²) in [6, 6.07) is 8.76. The molecule has 34 heavy (non-hydrogen) atoms. The predicted octanol–water partition coefficient (Wildman–Crippen LogP) is 3.87. The molecule has 172 valence electrons. The van der Waals surface area contributed by atoms with Gasteiger partial charge in [-0.15, -0.1) is 0 Å². The molecule has 7 nitrogen and oxygen atoms in total. The second kappa shape index (κ2) is 8.79. The van der Waals surface area contributed by atoms with Crippen molar-refractivity contribution in [3.8, 4) is 22.6 Å². The quantitative estimate of drug-likeness (QED) is 0.494. The van der Waals surface area contributed by atoms with Crippen LogP contribution in [0.25, 0.3) is 22.6 Å². The Labute approximate surface area is 192 Å². The molecule has 0 radical (unpaired) electrons. The molecule has 0 atom stereocenters. The van der Waals surface area contributed by atoms with Crippen LogP contribution in [-0.4, -0.2) is 36.4 Å². The Morgan fingerprint density at radius 1 is 1.03 bits per heavy atom. The van der Waals surface area contributed by atoms with Gasteiger partial charge in [0.25, 0.3) is 5.56 Å². The number of nitrogens with one attached hydrogen (secondary N) is 1. The maximum Gasteiger partial charge on any atom is 0.417 e. The van der Waals surface area contributed by atoms with Crippen molar-refractivity contribution in [2.75, 3.05) is 6.54 Å². The van der Waals surface area contributed by atoms with Gasteiger partial charge in [0.05, 0.1) is 28.1 Å². The van der Waals surface area contributed by atoms with E-state index in [9.17, 15) is 18.0 Å². The number of rotatable bonds is 4. The number of pyridine rings is 1. The van der Waals surface area contributed by atoms with E-state index in [0.29, 0.717) is 43.0 Å². The number of aromatic nitrogens is 5. The summed E-state index contributed by atoms with van der Waals surface area (Å²) in [4.78, 5) is 34.4. The summed E-state index contributed by atoms with van der Waals surface area (Å²) >= 11 is 0. The molecule has 0 fully saturated rings. The zero-order valence-corrected chi connectivity index (χ0v) is 17.9. The lowest BCUT2D eigenvalue weighted by Crippen LogP contribution is -2.35. The molecule has 1 aliphatic rings. The van der Waals surface area contributed by atoms with Crippen LogP contribution in [0.2, 0.25) is 0 Å². The normalized spacial score (nSPS) is 14.1. The van der Waals surface area contributed by atoms with Crippen LogP contribution in [0.15, 0.2) is 66.1 Å². The minimum absolute atomic E-state index is 0.0469. The summed E-state index contributed by atoms with van der Waals surface area (Å²) < 4.78 is 40.0. The van der Waals surface area contributed by atoms with E-state index in [1.165, 1.54) is 18.5 Å². The Morgan fingerprint density at radius 2 is 1.82 bits per heavy atom. The zero-order chi connectivity index (χ0) is 23.7. The molecule has 5 rings (SSSR count). The zero-order valence-electron chi connectivity index (χ0n) is 17.9. The molecule has 1 N–H and O–H groups in total. The number of halogens is 3. The Hall–Kier alpha value is -3.92. The summed E-state index contributed by atoms with van der Waals surface area (Å²) in [6.07, 6.45) is 2.33. The smallest absolute Gasteiger partial charge is 0.306 e. The second-order valence-electron chi connectivity index (χ2n) is 8.02. The van der Waals surface area contributed by atoms with E-state index < -0.39 is 11.7 Å². The van der Waals surface area contributed by atoms with E-state index in [4.69, 9.17) is 0 Å². The summed E-state index contributed by atoms with van der Waals surface area (Å²) in [5, 5.41) is 0. The van der Waals surface area contributed by atoms with Crippen molar-refractivity contribution < 1.29 is 13.2 Å². The van der Waals surface area contributed by atoms with Crippen LogP contribution < -0.4 is 5.56 Å². The number of alkyl halides is 3. The molecule has 0 amide bonds. The van der Waals surface area contributed by atoms with Gasteiger partial charge in [-0.2, -0.15) is 13.2 Å². The van der Waals surface area contributed by atoms with Gasteiger partial charge >= 0.3 is 6.18 Å². The highest BCUT2D eigenvalue weighted by molar-refractivity contribution is 5.64. The molecule has 0 bridgehead atoms. The molecule has 0 saturated heterocycles. The highest BCUT2D eigenvalue weighted by Crippen LogP contribution is 2.36. The van der Waals surface area contributed by atoms with E-state index >= 15 is 0 Å². The number of H-pyrrole nitrogens is 1. The van der Waals surface area contributed by atoms with E-state index in [1.807, 2.05) is 0 Å². The van der Waals surface area contributed by atoms with Gasteiger partial charge in [0, 0.05) is 50.2 Å². The number of nitrogens with zero attached hydrogens (tertiary/aromatic N) is 5. The standard InChI is InChI=1S/C24H19F3N6O/c25-24(26,27)19-4-2-1-3-17(19)20-6-5-15(9-30-20)12-33-8-7-21-18(13-33)23(34)32-22(31-21)16-10-28-14-29-11-16/h1-6,9-11,14H,7-8,12-13H2,(H,31,32,34). The van der Waals surface area contributed by atoms with Gasteiger partial charge in [0.2, 0.25) is 0 Å². The summed E-state index contributed by atoms with van der Waals surface area (Å²) in [7, 11) is 0. The van der Waals surface area contributed by atoms with Crippen molar-refractivity contribution in [2.24, 2.45) is 0 Å². The van der Waals surface area contributed by atoms with E-state index in [0.717, 1.165) is 17.3 Å². The number of aromatic amines is 1. The van der Waals surface area contributed by atoms with Crippen molar-refractivity contribution in [3.05, 3.63) is 94.1 Å². The molecular formula is C24H19F3N6O. The van der Waals surface area contributed by atoms with Crippen LogP contribution >= 0.6 is 0 Å². The van der Waals surface area contributed by atoms with Gasteiger partial charge < -0.3 is 4.98 Å². The second-order valence-corrected chi connectivity index (χ2v) is 8.02. The number of fused-ring (bicyclic) bond motifs is 1. The monoisotopic (exact) mass is 464 g/mol. The van der Waals surface area contributed by atoms with Crippen molar-refractivity contribution >= 4 is 0 Å². The summed E-state index contributed by atoms with van der Waals surface area (Å²) in [5.41, 5.74) is 2.24. The molecule has 0 spiro atoms. The van der Waals surface area contributed by atoms with Gasteiger partial charge in [-0.25, -0.2) is 15.0 Å². The van der Waals surface area contributed by atoms with E-state index in [-0.39, 0.29) is 16.8 Å². The SMILES string of the molecule is O=c1[nH]c(-c2cncnc2)nc2c1CN(Cc1ccc(-c3ccccc3C(F)(F)F)nc1)CC2. The summed E-state index contributed by atoms with van der Waals surface area (Å²) in [6.45, 7) is 1.62. The maximum absolute atomic E-state index is 13.3. The number of hydrogen-bond donors (Lipinski definition) is 1. The van der Waals surface area contributed by atoms with E-state index in [2.05, 4.69) is 29.8 Å².